The lowest BCUT2D eigenvalue weighted by molar-refractivity contribution is -0.132. The average molecular weight is 516 g/mol. The predicted octanol–water partition coefficient (Wildman–Crippen LogP) is 8.77. The molecule has 0 spiro atoms. The molecule has 0 aliphatic heterocycles. The van der Waals surface area contributed by atoms with E-state index in [2.05, 4.69) is 55.5 Å². The standard InChI is InChI=1S/C34H45NO3/c1-2-3-4-5-6-7-8-9-10-11-12-13-14-15-16-17-18-19-34(38)35(28-30-20-24-32(36)25-21-30)29-31-22-26-33(37)27-23-31/h6-7,9-10,12-13,15-16,20-27,36-37H,2-5,8,11,14,17-19,28-29H2,1H3/b7-6-,10-9-,13-12-,16-15-. The third-order valence-corrected chi connectivity index (χ3v) is 6.19. The van der Waals surface area contributed by atoms with E-state index in [1.54, 1.807) is 24.3 Å². The van der Waals surface area contributed by atoms with Crippen molar-refractivity contribution in [3.8, 4) is 11.5 Å². The number of phenols is 2. The highest BCUT2D eigenvalue weighted by Gasteiger charge is 2.14. The fourth-order valence-electron chi connectivity index (χ4n) is 3.97. The molecule has 0 heterocycles. The molecule has 4 heteroatoms. The number of phenolic OH excluding ortho intramolecular Hbond substituents is 2. The summed E-state index contributed by atoms with van der Waals surface area (Å²) in [5, 5.41) is 19.1. The van der Waals surface area contributed by atoms with Crippen molar-refractivity contribution in [3.63, 3.8) is 0 Å². The fraction of sp³-hybridized carbons (Fsp3) is 0.382. The van der Waals surface area contributed by atoms with Crippen molar-refractivity contribution in [2.24, 2.45) is 0 Å². The topological polar surface area (TPSA) is 60.8 Å². The second kappa shape index (κ2) is 19.6. The van der Waals surface area contributed by atoms with Gasteiger partial charge in [0.15, 0.2) is 0 Å². The van der Waals surface area contributed by atoms with Crippen molar-refractivity contribution in [2.45, 2.75) is 84.2 Å². The van der Waals surface area contributed by atoms with Gasteiger partial charge in [0.1, 0.15) is 11.5 Å². The molecule has 0 fully saturated rings. The van der Waals surface area contributed by atoms with Crippen LogP contribution in [0.4, 0.5) is 0 Å². The lowest BCUT2D eigenvalue weighted by atomic mass is 10.1. The van der Waals surface area contributed by atoms with Gasteiger partial charge in [0.2, 0.25) is 5.91 Å². The molecule has 0 saturated heterocycles. The number of amides is 1. The van der Waals surface area contributed by atoms with E-state index in [-0.39, 0.29) is 17.4 Å². The van der Waals surface area contributed by atoms with Gasteiger partial charge in [0.05, 0.1) is 0 Å². The van der Waals surface area contributed by atoms with E-state index in [1.165, 1.54) is 25.7 Å². The summed E-state index contributed by atoms with van der Waals surface area (Å²) in [5.41, 5.74) is 1.94. The number of hydrogen-bond acceptors (Lipinski definition) is 3. The second-order valence-corrected chi connectivity index (χ2v) is 9.56. The molecule has 0 unspecified atom stereocenters. The lowest BCUT2D eigenvalue weighted by Gasteiger charge is -2.23. The molecule has 0 atom stereocenters. The Hall–Kier alpha value is -3.53. The Kier molecular flexibility index (Phi) is 15.8. The van der Waals surface area contributed by atoms with E-state index in [1.807, 2.05) is 29.2 Å². The Morgan fingerprint density at radius 1 is 0.632 bits per heavy atom. The summed E-state index contributed by atoms with van der Waals surface area (Å²) >= 11 is 0. The highest BCUT2D eigenvalue weighted by molar-refractivity contribution is 5.76. The third-order valence-electron chi connectivity index (χ3n) is 6.19. The molecule has 0 saturated carbocycles. The monoisotopic (exact) mass is 515 g/mol. The molecule has 204 valence electrons. The molecule has 0 aliphatic rings. The summed E-state index contributed by atoms with van der Waals surface area (Å²) in [5.74, 6) is 0.524. The highest BCUT2D eigenvalue weighted by atomic mass is 16.3. The van der Waals surface area contributed by atoms with Crippen LogP contribution in [-0.2, 0) is 17.9 Å². The first-order chi connectivity index (χ1) is 18.6. The van der Waals surface area contributed by atoms with Crippen molar-refractivity contribution in [1.82, 2.24) is 4.90 Å². The summed E-state index contributed by atoms with van der Waals surface area (Å²) < 4.78 is 0. The van der Waals surface area contributed by atoms with Gasteiger partial charge in [0, 0.05) is 19.5 Å². The van der Waals surface area contributed by atoms with Gasteiger partial charge in [-0.1, -0.05) is 92.6 Å². The highest BCUT2D eigenvalue weighted by Crippen LogP contribution is 2.17. The van der Waals surface area contributed by atoms with Crippen LogP contribution < -0.4 is 0 Å². The van der Waals surface area contributed by atoms with Crippen LogP contribution in [0.1, 0.15) is 82.3 Å². The van der Waals surface area contributed by atoms with Crippen LogP contribution in [0.2, 0.25) is 0 Å². The molecule has 2 N–H and O–H groups in total. The van der Waals surface area contributed by atoms with E-state index in [0.717, 1.165) is 43.2 Å². The molecule has 4 nitrogen and oxygen atoms in total. The minimum atomic E-state index is 0.0991. The molecule has 2 rings (SSSR count). The van der Waals surface area contributed by atoms with E-state index in [0.29, 0.717) is 19.5 Å². The van der Waals surface area contributed by atoms with Crippen molar-refractivity contribution < 1.29 is 15.0 Å². The number of nitrogens with zero attached hydrogens (tertiary/aromatic N) is 1. The molecule has 38 heavy (non-hydrogen) atoms. The van der Waals surface area contributed by atoms with Crippen LogP contribution in [-0.4, -0.2) is 21.0 Å². The number of carbonyl (C=O) groups excluding carboxylic acids is 1. The first-order valence-corrected chi connectivity index (χ1v) is 14.0. The zero-order chi connectivity index (χ0) is 27.3. The van der Waals surface area contributed by atoms with Gasteiger partial charge in [-0.05, 0) is 80.3 Å². The summed E-state index contributed by atoms with van der Waals surface area (Å²) in [7, 11) is 0. The fourth-order valence-corrected chi connectivity index (χ4v) is 3.97. The van der Waals surface area contributed by atoms with Crippen LogP contribution >= 0.6 is 0 Å². The Labute approximate surface area is 229 Å². The molecule has 2 aromatic rings. The van der Waals surface area contributed by atoms with E-state index in [9.17, 15) is 15.0 Å². The Balaban J connectivity index is 1.68. The van der Waals surface area contributed by atoms with Gasteiger partial charge in [-0.2, -0.15) is 0 Å². The van der Waals surface area contributed by atoms with E-state index in [4.69, 9.17) is 0 Å². The summed E-state index contributed by atoms with van der Waals surface area (Å²) in [6.45, 7) is 3.19. The van der Waals surface area contributed by atoms with Crippen LogP contribution in [0.25, 0.3) is 0 Å². The zero-order valence-electron chi connectivity index (χ0n) is 23.0. The summed E-state index contributed by atoms with van der Waals surface area (Å²) in [6, 6.07) is 13.9. The first-order valence-electron chi connectivity index (χ1n) is 14.0. The van der Waals surface area contributed by atoms with Gasteiger partial charge in [-0.3, -0.25) is 4.79 Å². The largest absolute Gasteiger partial charge is 0.508 e. The normalized spacial score (nSPS) is 11.9. The van der Waals surface area contributed by atoms with Crippen LogP contribution in [0.5, 0.6) is 11.5 Å². The zero-order valence-corrected chi connectivity index (χ0v) is 23.0. The smallest absolute Gasteiger partial charge is 0.223 e. The molecule has 0 bridgehead atoms. The van der Waals surface area contributed by atoms with E-state index >= 15 is 0 Å². The quantitative estimate of drug-likeness (QED) is 0.154. The predicted molar refractivity (Wildman–Crippen MR) is 159 cm³/mol. The van der Waals surface area contributed by atoms with E-state index < -0.39 is 0 Å². The molecule has 0 aliphatic carbocycles. The number of carbonyl (C=O) groups is 1. The Bertz CT molecular complexity index is 969. The van der Waals surface area contributed by atoms with Gasteiger partial charge in [-0.15, -0.1) is 0 Å². The number of allylic oxidation sites excluding steroid dienone is 8. The molecule has 0 radical (unpaired) electrons. The molecular weight excluding hydrogens is 470 g/mol. The molecule has 0 aromatic heterocycles. The lowest BCUT2D eigenvalue weighted by Crippen LogP contribution is -2.29. The minimum Gasteiger partial charge on any atom is -0.508 e. The molecular formula is C34H45NO3. The Morgan fingerprint density at radius 3 is 1.50 bits per heavy atom. The van der Waals surface area contributed by atoms with Crippen molar-refractivity contribution in [2.75, 3.05) is 0 Å². The Morgan fingerprint density at radius 2 is 1.05 bits per heavy atom. The van der Waals surface area contributed by atoms with Crippen LogP contribution in [0.3, 0.4) is 0 Å². The maximum Gasteiger partial charge on any atom is 0.223 e. The number of benzene rings is 2. The number of unbranched alkanes of at least 4 members (excludes halogenated alkanes) is 4. The van der Waals surface area contributed by atoms with Gasteiger partial charge in [0.25, 0.3) is 0 Å². The van der Waals surface area contributed by atoms with Crippen molar-refractivity contribution in [1.29, 1.82) is 0 Å². The average Bonchev–Trinajstić information content (AvgIpc) is 2.92. The molecule has 2 aromatic carbocycles. The van der Waals surface area contributed by atoms with Crippen LogP contribution in [0.15, 0.2) is 97.1 Å². The second-order valence-electron chi connectivity index (χ2n) is 9.56. The van der Waals surface area contributed by atoms with Gasteiger partial charge < -0.3 is 15.1 Å². The number of hydrogen-bond donors (Lipinski definition) is 2. The summed E-state index contributed by atoms with van der Waals surface area (Å²) in [4.78, 5) is 14.9. The minimum absolute atomic E-state index is 0.0991. The third kappa shape index (κ3) is 14.3. The number of aromatic hydroxyl groups is 2. The van der Waals surface area contributed by atoms with Gasteiger partial charge >= 0.3 is 0 Å². The number of rotatable bonds is 18. The first kappa shape index (κ1) is 30.7. The maximum atomic E-state index is 13.0. The maximum absolute atomic E-state index is 13.0. The van der Waals surface area contributed by atoms with Gasteiger partial charge in [-0.25, -0.2) is 0 Å². The summed E-state index contributed by atoms with van der Waals surface area (Å²) in [6.07, 6.45) is 27.8. The van der Waals surface area contributed by atoms with Crippen molar-refractivity contribution in [3.05, 3.63) is 108 Å². The van der Waals surface area contributed by atoms with Crippen molar-refractivity contribution >= 4 is 5.91 Å². The van der Waals surface area contributed by atoms with Crippen LogP contribution in [0, 0.1) is 0 Å². The molecule has 1 amide bonds. The SMILES string of the molecule is CCCCC/C=C\C/C=C\C/C=C\C/C=C\CCCC(=O)N(Cc1ccc(O)cc1)Cc1ccc(O)cc1.